The minimum Gasteiger partial charge on any atom is -0.383 e. The monoisotopic (exact) mass is 219 g/mol. The van der Waals surface area contributed by atoms with Gasteiger partial charge in [-0.05, 0) is 17.5 Å². The normalized spacial score (nSPS) is 19.4. The molecule has 86 valence electrons. The number of carbonyl (C=O) groups excluding carboxylic acids is 1. The Morgan fingerprint density at radius 1 is 1.44 bits per heavy atom. The van der Waals surface area contributed by atoms with Gasteiger partial charge in [0.1, 0.15) is 0 Å². The first-order valence-corrected chi connectivity index (χ1v) is 5.55. The van der Waals surface area contributed by atoms with E-state index >= 15 is 0 Å². The topological polar surface area (TPSA) is 29.5 Å². The van der Waals surface area contributed by atoms with Crippen LogP contribution in [0.4, 0.5) is 0 Å². The maximum atomic E-state index is 11.6. The third kappa shape index (κ3) is 2.09. The van der Waals surface area contributed by atoms with Crippen LogP contribution in [-0.2, 0) is 22.5 Å². The smallest absolute Gasteiger partial charge is 0.220 e. The fourth-order valence-electron chi connectivity index (χ4n) is 2.30. The lowest BCUT2D eigenvalue weighted by Gasteiger charge is -2.36. The van der Waals surface area contributed by atoms with E-state index in [0.717, 1.165) is 6.42 Å². The summed E-state index contributed by atoms with van der Waals surface area (Å²) >= 11 is 0. The van der Waals surface area contributed by atoms with Gasteiger partial charge < -0.3 is 9.64 Å². The van der Waals surface area contributed by atoms with Gasteiger partial charge in [-0.3, -0.25) is 4.79 Å². The lowest BCUT2D eigenvalue weighted by Crippen LogP contribution is -2.45. The van der Waals surface area contributed by atoms with Gasteiger partial charge in [0.25, 0.3) is 0 Å². The Labute approximate surface area is 96.0 Å². The molecule has 1 aromatic carbocycles. The highest BCUT2D eigenvalue weighted by atomic mass is 16.5. The van der Waals surface area contributed by atoms with Gasteiger partial charge in [-0.1, -0.05) is 24.3 Å². The zero-order chi connectivity index (χ0) is 11.5. The Balaban J connectivity index is 2.25. The minimum atomic E-state index is 0.122. The molecular formula is C13H17NO2. The van der Waals surface area contributed by atoms with Crippen LogP contribution in [0.3, 0.4) is 0 Å². The minimum absolute atomic E-state index is 0.122. The van der Waals surface area contributed by atoms with Gasteiger partial charge in [0.15, 0.2) is 0 Å². The molecule has 0 radical (unpaired) electrons. The molecule has 0 saturated carbocycles. The molecule has 1 heterocycles. The number of hydrogen-bond donors (Lipinski definition) is 0. The molecule has 3 nitrogen and oxygen atoms in total. The first-order valence-electron chi connectivity index (χ1n) is 5.55. The van der Waals surface area contributed by atoms with E-state index in [-0.39, 0.29) is 11.9 Å². The van der Waals surface area contributed by atoms with E-state index in [1.54, 1.807) is 14.0 Å². The van der Waals surface area contributed by atoms with Gasteiger partial charge in [0.05, 0.1) is 12.6 Å². The van der Waals surface area contributed by atoms with Gasteiger partial charge in [-0.2, -0.15) is 0 Å². The second-order valence-corrected chi connectivity index (χ2v) is 4.23. The van der Waals surface area contributed by atoms with Crippen LogP contribution in [0, 0.1) is 0 Å². The lowest BCUT2D eigenvalue weighted by molar-refractivity contribution is -0.133. The Kier molecular flexibility index (Phi) is 3.25. The summed E-state index contributed by atoms with van der Waals surface area (Å²) < 4.78 is 5.18. The van der Waals surface area contributed by atoms with E-state index in [0.29, 0.717) is 13.2 Å². The van der Waals surface area contributed by atoms with Crippen LogP contribution in [0.2, 0.25) is 0 Å². The number of ether oxygens (including phenoxy) is 1. The average molecular weight is 219 g/mol. The van der Waals surface area contributed by atoms with Crippen LogP contribution >= 0.6 is 0 Å². The summed E-state index contributed by atoms with van der Waals surface area (Å²) in [5.41, 5.74) is 2.59. The highest BCUT2D eigenvalue weighted by Gasteiger charge is 2.27. The van der Waals surface area contributed by atoms with Crippen molar-refractivity contribution in [3.05, 3.63) is 35.4 Å². The largest absolute Gasteiger partial charge is 0.383 e. The highest BCUT2D eigenvalue weighted by molar-refractivity contribution is 5.74. The molecule has 16 heavy (non-hydrogen) atoms. The number of fused-ring (bicyclic) bond motifs is 1. The van der Waals surface area contributed by atoms with Gasteiger partial charge in [0.2, 0.25) is 5.91 Å². The van der Waals surface area contributed by atoms with Crippen LogP contribution in [0.5, 0.6) is 0 Å². The van der Waals surface area contributed by atoms with Crippen LogP contribution in [0.15, 0.2) is 24.3 Å². The van der Waals surface area contributed by atoms with Crippen molar-refractivity contribution in [1.82, 2.24) is 4.90 Å². The summed E-state index contributed by atoms with van der Waals surface area (Å²) in [4.78, 5) is 13.5. The zero-order valence-corrected chi connectivity index (χ0v) is 9.77. The van der Waals surface area contributed by atoms with Gasteiger partial charge in [0, 0.05) is 20.6 Å². The molecule has 1 aromatic rings. The van der Waals surface area contributed by atoms with Crippen molar-refractivity contribution in [3.8, 4) is 0 Å². The number of benzene rings is 1. The second kappa shape index (κ2) is 4.66. The third-order valence-corrected chi connectivity index (χ3v) is 3.12. The molecule has 0 saturated heterocycles. The summed E-state index contributed by atoms with van der Waals surface area (Å²) in [5, 5.41) is 0. The molecule has 1 unspecified atom stereocenters. The highest BCUT2D eigenvalue weighted by Crippen LogP contribution is 2.23. The molecule has 1 aliphatic heterocycles. The van der Waals surface area contributed by atoms with Crippen molar-refractivity contribution in [1.29, 1.82) is 0 Å². The van der Waals surface area contributed by atoms with Crippen molar-refractivity contribution < 1.29 is 9.53 Å². The molecular weight excluding hydrogens is 202 g/mol. The van der Waals surface area contributed by atoms with E-state index in [1.807, 2.05) is 17.0 Å². The fourth-order valence-corrected chi connectivity index (χ4v) is 2.30. The molecule has 1 amide bonds. The van der Waals surface area contributed by atoms with Crippen LogP contribution in [0.25, 0.3) is 0 Å². The summed E-state index contributed by atoms with van der Waals surface area (Å²) in [6.07, 6.45) is 0.892. The Bertz CT molecular complexity index is 389. The van der Waals surface area contributed by atoms with Gasteiger partial charge in [-0.15, -0.1) is 0 Å². The van der Waals surface area contributed by atoms with Crippen LogP contribution in [-0.4, -0.2) is 30.6 Å². The Hall–Kier alpha value is -1.35. The van der Waals surface area contributed by atoms with Crippen molar-refractivity contribution in [2.75, 3.05) is 13.7 Å². The molecule has 0 aliphatic carbocycles. The van der Waals surface area contributed by atoms with Crippen molar-refractivity contribution >= 4 is 5.91 Å². The summed E-state index contributed by atoms with van der Waals surface area (Å²) in [6.45, 7) is 2.93. The second-order valence-electron chi connectivity index (χ2n) is 4.23. The molecule has 2 rings (SSSR count). The van der Waals surface area contributed by atoms with Gasteiger partial charge >= 0.3 is 0 Å². The fraction of sp³-hybridized carbons (Fsp3) is 0.462. The number of amides is 1. The number of methoxy groups -OCH3 is 1. The molecule has 1 aliphatic rings. The van der Waals surface area contributed by atoms with Crippen molar-refractivity contribution in [2.24, 2.45) is 0 Å². The quantitative estimate of drug-likeness (QED) is 0.756. The Morgan fingerprint density at radius 2 is 2.12 bits per heavy atom. The number of hydrogen-bond acceptors (Lipinski definition) is 2. The summed E-state index contributed by atoms with van der Waals surface area (Å²) in [5.74, 6) is 0.122. The zero-order valence-electron chi connectivity index (χ0n) is 9.77. The maximum Gasteiger partial charge on any atom is 0.220 e. The maximum absolute atomic E-state index is 11.6. The van der Waals surface area contributed by atoms with E-state index in [9.17, 15) is 4.79 Å². The number of carbonyl (C=O) groups is 1. The van der Waals surface area contributed by atoms with E-state index in [1.165, 1.54) is 11.1 Å². The van der Waals surface area contributed by atoms with Crippen molar-refractivity contribution in [2.45, 2.75) is 25.9 Å². The van der Waals surface area contributed by atoms with Crippen LogP contribution in [0.1, 0.15) is 18.1 Å². The Morgan fingerprint density at radius 3 is 2.75 bits per heavy atom. The van der Waals surface area contributed by atoms with E-state index in [2.05, 4.69) is 12.1 Å². The molecule has 0 aromatic heterocycles. The molecule has 1 atom stereocenters. The molecule has 0 fully saturated rings. The predicted octanol–water partition coefficient (Wildman–Crippen LogP) is 1.61. The van der Waals surface area contributed by atoms with E-state index < -0.39 is 0 Å². The molecule has 0 bridgehead atoms. The molecule has 0 N–H and O–H groups in total. The van der Waals surface area contributed by atoms with Crippen LogP contribution < -0.4 is 0 Å². The van der Waals surface area contributed by atoms with Crippen molar-refractivity contribution in [3.63, 3.8) is 0 Å². The lowest BCUT2D eigenvalue weighted by atomic mass is 9.94. The predicted molar refractivity (Wildman–Crippen MR) is 62.0 cm³/mol. The van der Waals surface area contributed by atoms with E-state index in [4.69, 9.17) is 4.74 Å². The standard InChI is InChI=1S/C13H17NO2/c1-10(15)14-8-12-6-4-3-5-11(12)7-13(14)9-16-2/h3-6,13H,7-9H2,1-2H3. The molecule has 3 heteroatoms. The van der Waals surface area contributed by atoms with Gasteiger partial charge in [-0.25, -0.2) is 0 Å². The summed E-state index contributed by atoms with van der Waals surface area (Å²) in [7, 11) is 1.68. The SMILES string of the molecule is COCC1Cc2ccccc2CN1C(C)=O. The number of nitrogens with zero attached hydrogens (tertiary/aromatic N) is 1. The first-order chi connectivity index (χ1) is 7.72. The first kappa shape index (κ1) is 11.1. The average Bonchev–Trinajstić information content (AvgIpc) is 2.28. The third-order valence-electron chi connectivity index (χ3n) is 3.12. The molecule has 0 spiro atoms. The summed E-state index contributed by atoms with van der Waals surface area (Å²) in [6, 6.07) is 8.47. The number of rotatable bonds is 2.